The van der Waals surface area contributed by atoms with E-state index < -0.39 is 0 Å². The Hall–Kier alpha value is -2.67. The zero-order valence-corrected chi connectivity index (χ0v) is 14.8. The molecule has 0 aliphatic carbocycles. The Labute approximate surface area is 152 Å². The summed E-state index contributed by atoms with van der Waals surface area (Å²) in [4.78, 5) is 34.0. The number of carbonyl (C=O) groups excluding carboxylic acids is 2. The second kappa shape index (κ2) is 6.92. The van der Waals surface area contributed by atoms with Crippen LogP contribution in [0, 0.1) is 0 Å². The molecular weight excluding hydrogens is 330 g/mol. The smallest absolute Gasteiger partial charge is 0.269 e. The highest BCUT2D eigenvalue weighted by Crippen LogP contribution is 2.31. The molecule has 0 bridgehead atoms. The highest BCUT2D eigenvalue weighted by molar-refractivity contribution is 5.99. The number of rotatable bonds is 4. The van der Waals surface area contributed by atoms with Gasteiger partial charge < -0.3 is 20.5 Å². The number of piperidine rings is 1. The first-order chi connectivity index (χ1) is 12.6. The Balaban J connectivity index is 1.41. The molecule has 1 atom stereocenters. The first-order valence-corrected chi connectivity index (χ1v) is 9.05. The van der Waals surface area contributed by atoms with Crippen LogP contribution in [0.4, 0.5) is 0 Å². The van der Waals surface area contributed by atoms with Crippen LogP contribution in [0.5, 0.6) is 0 Å². The van der Waals surface area contributed by atoms with Crippen LogP contribution in [-0.4, -0.2) is 53.4 Å². The predicted molar refractivity (Wildman–Crippen MR) is 97.0 cm³/mol. The molecular formula is C19H23N5O2. The topological polar surface area (TPSA) is 90.1 Å². The maximum Gasteiger partial charge on any atom is 0.269 e. The molecule has 7 heteroatoms. The quantitative estimate of drug-likeness (QED) is 0.776. The number of nitrogens with one attached hydrogen (secondary N) is 3. The number of benzene rings is 1. The molecule has 26 heavy (non-hydrogen) atoms. The fourth-order valence-electron chi connectivity index (χ4n) is 3.81. The van der Waals surface area contributed by atoms with Crippen LogP contribution in [-0.2, 0) is 0 Å². The summed E-state index contributed by atoms with van der Waals surface area (Å²) < 4.78 is 0. The van der Waals surface area contributed by atoms with Gasteiger partial charge in [0, 0.05) is 25.1 Å². The van der Waals surface area contributed by atoms with Crippen molar-refractivity contribution >= 4 is 11.8 Å². The second-order valence-corrected chi connectivity index (χ2v) is 6.94. The standard InChI is InChI=1S/C19H23N5O2/c1-24-16(13-4-2-3-5-14(13)19(24)26)11-22-18(25)15-10-21-17(23-15)12-6-8-20-9-7-12/h2-5,10,12,16,20H,6-9,11H2,1H3,(H,21,23)(H,22,25). The molecule has 0 radical (unpaired) electrons. The van der Waals surface area contributed by atoms with Gasteiger partial charge in [-0.2, -0.15) is 0 Å². The van der Waals surface area contributed by atoms with Crippen LogP contribution in [0.1, 0.15) is 57.0 Å². The highest BCUT2D eigenvalue weighted by Gasteiger charge is 2.33. The molecule has 7 nitrogen and oxygen atoms in total. The lowest BCUT2D eigenvalue weighted by atomic mass is 9.98. The minimum Gasteiger partial charge on any atom is -0.348 e. The maximum atomic E-state index is 12.5. The number of aromatic amines is 1. The van der Waals surface area contributed by atoms with Crippen LogP contribution >= 0.6 is 0 Å². The van der Waals surface area contributed by atoms with E-state index in [-0.39, 0.29) is 17.9 Å². The van der Waals surface area contributed by atoms with Gasteiger partial charge in [-0.15, -0.1) is 0 Å². The number of aromatic nitrogens is 2. The molecule has 2 amide bonds. The van der Waals surface area contributed by atoms with Crippen LogP contribution in [0.25, 0.3) is 0 Å². The lowest BCUT2D eigenvalue weighted by Crippen LogP contribution is -2.34. The molecule has 2 aromatic rings. The number of amides is 2. The summed E-state index contributed by atoms with van der Waals surface area (Å²) in [6, 6.07) is 7.41. The lowest BCUT2D eigenvalue weighted by Gasteiger charge is -2.21. The van der Waals surface area contributed by atoms with Crippen LogP contribution in [0.3, 0.4) is 0 Å². The molecule has 1 unspecified atom stereocenters. The van der Waals surface area contributed by atoms with E-state index in [4.69, 9.17) is 0 Å². The molecule has 0 saturated carbocycles. The van der Waals surface area contributed by atoms with Crippen molar-refractivity contribution in [3.05, 3.63) is 53.1 Å². The SMILES string of the molecule is CN1C(=O)c2ccccc2C1CNC(=O)c1cnc(C2CCNCC2)[nH]1. The van der Waals surface area contributed by atoms with Gasteiger partial charge in [0.1, 0.15) is 11.5 Å². The molecule has 1 aromatic carbocycles. The van der Waals surface area contributed by atoms with Crippen LogP contribution in [0.15, 0.2) is 30.5 Å². The third-order valence-corrected chi connectivity index (χ3v) is 5.36. The summed E-state index contributed by atoms with van der Waals surface area (Å²) in [6.07, 6.45) is 3.66. The van der Waals surface area contributed by atoms with Gasteiger partial charge in [-0.25, -0.2) is 4.98 Å². The van der Waals surface area contributed by atoms with Crippen molar-refractivity contribution in [3.63, 3.8) is 0 Å². The third kappa shape index (κ3) is 2.99. The highest BCUT2D eigenvalue weighted by atomic mass is 16.2. The molecule has 0 spiro atoms. The number of likely N-dealkylation sites (N-methyl/N-ethyl adjacent to an activating group) is 1. The van der Waals surface area contributed by atoms with Gasteiger partial charge in [0.2, 0.25) is 0 Å². The van der Waals surface area contributed by atoms with Crippen molar-refractivity contribution in [2.45, 2.75) is 24.8 Å². The average Bonchev–Trinajstić information content (AvgIpc) is 3.26. The minimum atomic E-state index is -0.192. The summed E-state index contributed by atoms with van der Waals surface area (Å²) in [6.45, 7) is 2.34. The summed E-state index contributed by atoms with van der Waals surface area (Å²) in [5.74, 6) is 1.07. The van der Waals surface area contributed by atoms with Crippen molar-refractivity contribution in [1.82, 2.24) is 25.5 Å². The van der Waals surface area contributed by atoms with Gasteiger partial charge in [0.05, 0.1) is 12.2 Å². The average molecular weight is 353 g/mol. The van der Waals surface area contributed by atoms with Crippen molar-refractivity contribution in [3.8, 4) is 0 Å². The summed E-state index contributed by atoms with van der Waals surface area (Å²) in [5.41, 5.74) is 2.14. The Kier molecular flexibility index (Phi) is 4.46. The van der Waals surface area contributed by atoms with Gasteiger partial charge in [-0.1, -0.05) is 18.2 Å². The van der Waals surface area contributed by atoms with Crippen LogP contribution < -0.4 is 10.6 Å². The number of imidazole rings is 1. The molecule has 2 aliphatic heterocycles. The molecule has 2 aliphatic rings. The van der Waals surface area contributed by atoms with Gasteiger partial charge in [-0.3, -0.25) is 9.59 Å². The maximum absolute atomic E-state index is 12.5. The van der Waals surface area contributed by atoms with Crippen LogP contribution in [0.2, 0.25) is 0 Å². The number of hydrogen-bond acceptors (Lipinski definition) is 4. The fraction of sp³-hybridized carbons (Fsp3) is 0.421. The van der Waals surface area contributed by atoms with E-state index >= 15 is 0 Å². The zero-order chi connectivity index (χ0) is 18.1. The van der Waals surface area contributed by atoms with E-state index in [1.807, 2.05) is 24.3 Å². The third-order valence-electron chi connectivity index (χ3n) is 5.36. The van der Waals surface area contributed by atoms with E-state index in [9.17, 15) is 9.59 Å². The van der Waals surface area contributed by atoms with E-state index in [0.29, 0.717) is 23.7 Å². The predicted octanol–water partition coefficient (Wildman–Crippen LogP) is 1.43. The molecule has 1 fully saturated rings. The molecule has 1 saturated heterocycles. The lowest BCUT2D eigenvalue weighted by molar-refractivity contribution is 0.0760. The van der Waals surface area contributed by atoms with Gasteiger partial charge in [0.15, 0.2) is 0 Å². The first-order valence-electron chi connectivity index (χ1n) is 9.05. The summed E-state index contributed by atoms with van der Waals surface area (Å²) in [7, 11) is 1.77. The Bertz CT molecular complexity index is 825. The number of nitrogens with zero attached hydrogens (tertiary/aromatic N) is 2. The molecule has 1 aromatic heterocycles. The van der Waals surface area contributed by atoms with E-state index in [0.717, 1.165) is 37.3 Å². The van der Waals surface area contributed by atoms with E-state index in [1.165, 1.54) is 0 Å². The number of carbonyl (C=O) groups is 2. The van der Waals surface area contributed by atoms with E-state index in [1.54, 1.807) is 18.1 Å². The number of fused-ring (bicyclic) bond motifs is 1. The normalized spacial score (nSPS) is 20.3. The van der Waals surface area contributed by atoms with Gasteiger partial charge >= 0.3 is 0 Å². The Morgan fingerprint density at radius 3 is 2.88 bits per heavy atom. The molecule has 3 heterocycles. The monoisotopic (exact) mass is 353 g/mol. The molecule has 136 valence electrons. The van der Waals surface area contributed by atoms with Crippen molar-refractivity contribution in [2.75, 3.05) is 26.7 Å². The second-order valence-electron chi connectivity index (χ2n) is 6.94. The molecule has 3 N–H and O–H groups in total. The van der Waals surface area contributed by atoms with Gasteiger partial charge in [0.25, 0.3) is 11.8 Å². The molecule has 4 rings (SSSR count). The summed E-state index contributed by atoms with van der Waals surface area (Å²) in [5, 5.41) is 6.26. The number of hydrogen-bond donors (Lipinski definition) is 3. The Morgan fingerprint density at radius 2 is 2.08 bits per heavy atom. The summed E-state index contributed by atoms with van der Waals surface area (Å²) >= 11 is 0. The fourth-order valence-corrected chi connectivity index (χ4v) is 3.81. The van der Waals surface area contributed by atoms with Crippen molar-refractivity contribution in [1.29, 1.82) is 0 Å². The number of H-pyrrole nitrogens is 1. The van der Waals surface area contributed by atoms with Gasteiger partial charge in [-0.05, 0) is 37.6 Å². The van der Waals surface area contributed by atoms with Crippen molar-refractivity contribution < 1.29 is 9.59 Å². The zero-order valence-electron chi connectivity index (χ0n) is 14.8. The first kappa shape index (κ1) is 16.8. The largest absolute Gasteiger partial charge is 0.348 e. The Morgan fingerprint density at radius 1 is 1.31 bits per heavy atom. The minimum absolute atomic E-state index is 0.00502. The van der Waals surface area contributed by atoms with Crippen molar-refractivity contribution in [2.24, 2.45) is 0 Å². The van der Waals surface area contributed by atoms with E-state index in [2.05, 4.69) is 20.6 Å².